The number of likely N-dealkylation sites (tertiary alicyclic amines) is 1. The van der Waals surface area contributed by atoms with Crippen molar-refractivity contribution in [1.82, 2.24) is 30.4 Å². The first kappa shape index (κ1) is 61.3. The lowest BCUT2D eigenvalue weighted by atomic mass is 9.86. The standard InChI is InChI=1S/C56H75N7O19/c1-5-56(72)40-32-43-50-38(33-63(43)54(70)39(40)34-82-55(56)71)37-11-16-81-51-42(7-6-41(59-50)48(37)51)60-52(68)36(4)58-53(69)49(35(2)3)61-45(65)12-15-73-18-20-75-22-24-77-26-28-79-30-31-80-29-27-78-25-23-76-21-19-74-17-13-57-44(64)10-14-62-46(66)8-9-47(62)67/h6-7,11,16,32,35-36,49,72H,5,8-10,12-15,17-31,33-34H2,1-4H3,(H,57,64)(H,58,69)(H,60,68)(H,61,65)/t36-,49-,56-/m0/s1/i8T/t8?,36-,49-,56-. The monoisotopic (exact) mass is 1150 g/mol. The number of cyclic esters (lactones) is 1. The maximum absolute atomic E-state index is 13.8. The molecule has 82 heavy (non-hydrogen) atoms. The van der Waals surface area contributed by atoms with E-state index in [1.165, 1.54) is 13.2 Å². The fourth-order valence-corrected chi connectivity index (χ4v) is 9.26. The molecule has 6 heterocycles. The van der Waals surface area contributed by atoms with Crippen molar-refractivity contribution in [2.45, 2.75) is 90.6 Å². The van der Waals surface area contributed by atoms with Crippen LogP contribution >= 0.6 is 0 Å². The second-order valence-corrected chi connectivity index (χ2v) is 19.8. The second kappa shape index (κ2) is 31.1. The molecule has 7 rings (SSSR count). The zero-order valence-electron chi connectivity index (χ0n) is 47.8. The van der Waals surface area contributed by atoms with Crippen LogP contribution in [0, 0.1) is 5.92 Å². The molecule has 26 nitrogen and oxygen atoms in total. The Morgan fingerprint density at radius 3 is 1.93 bits per heavy atom. The molecule has 5 N–H and O–H groups in total. The Labute approximate surface area is 475 Å². The molecule has 1 aromatic carbocycles. The number of nitrogens with zero attached hydrogens (tertiary/aromatic N) is 3. The lowest BCUT2D eigenvalue weighted by Crippen LogP contribution is -2.53. The fourth-order valence-electron chi connectivity index (χ4n) is 9.26. The van der Waals surface area contributed by atoms with E-state index in [9.17, 15) is 43.5 Å². The summed E-state index contributed by atoms with van der Waals surface area (Å²) in [6, 6.07) is 3.01. The van der Waals surface area contributed by atoms with Crippen molar-refractivity contribution in [2.24, 2.45) is 5.92 Å². The quantitative estimate of drug-likeness (QED) is 0.0241. The van der Waals surface area contributed by atoms with Crippen LogP contribution in [-0.2, 0) is 94.9 Å². The molecule has 0 saturated carbocycles. The van der Waals surface area contributed by atoms with Gasteiger partial charge >= 0.3 is 5.97 Å². The van der Waals surface area contributed by atoms with Crippen molar-refractivity contribution >= 4 is 64.1 Å². The van der Waals surface area contributed by atoms with Gasteiger partial charge in [-0.2, -0.15) is 0 Å². The van der Waals surface area contributed by atoms with Gasteiger partial charge in [-0.15, -0.1) is 0 Å². The molecule has 0 aliphatic carbocycles. The van der Waals surface area contributed by atoms with Crippen LogP contribution < -0.4 is 31.6 Å². The molecule has 0 bridgehead atoms. The van der Waals surface area contributed by atoms with Gasteiger partial charge in [0, 0.05) is 51.2 Å². The molecular formula is C56H75N7O19. The van der Waals surface area contributed by atoms with Crippen LogP contribution in [0.5, 0.6) is 5.75 Å². The van der Waals surface area contributed by atoms with Crippen molar-refractivity contribution < 1.29 is 87.4 Å². The van der Waals surface area contributed by atoms with Crippen LogP contribution in [0.15, 0.2) is 29.3 Å². The van der Waals surface area contributed by atoms with Crippen molar-refractivity contribution in [3.63, 3.8) is 0 Å². The second-order valence-electron chi connectivity index (χ2n) is 19.8. The number of benzene rings is 1. The Hall–Kier alpha value is -6.75. The highest BCUT2D eigenvalue weighted by atomic mass is 16.6. The Morgan fingerprint density at radius 1 is 0.756 bits per heavy atom. The summed E-state index contributed by atoms with van der Waals surface area (Å²) < 4.78 is 64.1. The molecule has 4 aliphatic heterocycles. The highest BCUT2D eigenvalue weighted by molar-refractivity contribution is 6.06. The Balaban J connectivity index is 0.672. The van der Waals surface area contributed by atoms with Crippen molar-refractivity contribution in [2.75, 3.05) is 124 Å². The number of carbonyl (C=O) groups is 7. The molecule has 1 fully saturated rings. The van der Waals surface area contributed by atoms with Crippen LogP contribution in [-0.4, -0.2) is 192 Å². The third-order valence-electron chi connectivity index (χ3n) is 13.8. The van der Waals surface area contributed by atoms with E-state index in [0.29, 0.717) is 113 Å². The van der Waals surface area contributed by atoms with E-state index < -0.39 is 59.6 Å². The summed E-state index contributed by atoms with van der Waals surface area (Å²) in [6.45, 7) is 12.3. The number of anilines is 1. The van der Waals surface area contributed by atoms with Crippen LogP contribution in [0.25, 0.3) is 28.4 Å². The summed E-state index contributed by atoms with van der Waals surface area (Å²) in [5, 5.41) is 22.8. The number of imide groups is 1. The minimum atomic E-state index is -1.96. The van der Waals surface area contributed by atoms with Crippen molar-refractivity contribution in [3.8, 4) is 17.1 Å². The van der Waals surface area contributed by atoms with Crippen LogP contribution in [0.2, 0.25) is 0 Å². The molecule has 4 aliphatic rings. The predicted octanol–water partition coefficient (Wildman–Crippen LogP) is 1.20. The molecule has 1 unspecified atom stereocenters. The predicted molar refractivity (Wildman–Crippen MR) is 292 cm³/mol. The number of aromatic nitrogens is 2. The molecule has 0 spiro atoms. The van der Waals surface area contributed by atoms with Crippen molar-refractivity contribution in [3.05, 3.63) is 57.1 Å². The topological polar surface area (TPSA) is 318 Å². The van der Waals surface area contributed by atoms with E-state index in [-0.39, 0.29) is 107 Å². The molecule has 26 heteroatoms. The molecule has 0 radical (unpaired) electrons. The van der Waals surface area contributed by atoms with Gasteiger partial charge in [-0.1, -0.05) is 20.8 Å². The third kappa shape index (κ3) is 16.5. The molecule has 4 atom stereocenters. The Morgan fingerprint density at radius 2 is 1.35 bits per heavy atom. The summed E-state index contributed by atoms with van der Waals surface area (Å²) in [6.07, 6.45) is 2.01. The van der Waals surface area contributed by atoms with Gasteiger partial charge in [0.1, 0.15) is 18.7 Å². The number of fused-ring (bicyclic) bond motifs is 5. The zero-order valence-corrected chi connectivity index (χ0v) is 46.8. The number of amides is 6. The largest absolute Gasteiger partial charge is 0.462 e. The van der Waals surface area contributed by atoms with Gasteiger partial charge in [0.05, 0.1) is 152 Å². The summed E-state index contributed by atoms with van der Waals surface area (Å²) >= 11 is 0. The number of carbonyl (C=O) groups excluding carboxylic acids is 7. The first-order valence-electron chi connectivity index (χ1n) is 28.2. The molecule has 6 amide bonds. The molecule has 2 aromatic heterocycles. The zero-order chi connectivity index (χ0) is 59.5. The Kier molecular flexibility index (Phi) is 23.2. The normalized spacial score (nSPS) is 17.7. The van der Waals surface area contributed by atoms with Crippen LogP contribution in [0.1, 0.15) is 83.4 Å². The van der Waals surface area contributed by atoms with E-state index >= 15 is 0 Å². The number of ether oxygens (including phenoxy) is 10. The number of pyridine rings is 2. The minimum Gasteiger partial charge on any atom is -0.462 e. The third-order valence-corrected chi connectivity index (χ3v) is 13.8. The highest BCUT2D eigenvalue weighted by Crippen LogP contribution is 2.45. The highest BCUT2D eigenvalue weighted by Gasteiger charge is 2.46. The Bertz CT molecular complexity index is 2900. The average molecular weight is 1150 g/mol. The van der Waals surface area contributed by atoms with Crippen LogP contribution in [0.4, 0.5) is 5.69 Å². The average Bonchev–Trinajstić information content (AvgIpc) is 2.01. The summed E-state index contributed by atoms with van der Waals surface area (Å²) in [5.74, 6) is -3.59. The van der Waals surface area contributed by atoms with Gasteiger partial charge in [0.15, 0.2) is 11.4 Å². The fraction of sp³-hybridized carbons (Fsp3) is 0.589. The summed E-state index contributed by atoms with van der Waals surface area (Å²) in [5.41, 5.74) is 1.31. The maximum Gasteiger partial charge on any atom is 0.343 e. The smallest absolute Gasteiger partial charge is 0.343 e. The first-order valence-corrected chi connectivity index (χ1v) is 27.6. The van der Waals surface area contributed by atoms with Gasteiger partial charge in [0.25, 0.3) is 5.56 Å². The van der Waals surface area contributed by atoms with E-state index in [1.54, 1.807) is 49.6 Å². The maximum atomic E-state index is 13.8. The van der Waals surface area contributed by atoms with Gasteiger partial charge in [-0.05, 0) is 49.1 Å². The lowest BCUT2D eigenvalue weighted by molar-refractivity contribution is -0.172. The van der Waals surface area contributed by atoms with Gasteiger partial charge in [-0.25, -0.2) is 9.78 Å². The first-order chi connectivity index (χ1) is 40.0. The minimum absolute atomic E-state index is 0.00536. The summed E-state index contributed by atoms with van der Waals surface area (Å²) in [7, 11) is 0. The van der Waals surface area contributed by atoms with E-state index in [0.717, 1.165) is 16.0 Å². The van der Waals surface area contributed by atoms with Gasteiger partial charge < -0.3 is 78.3 Å². The number of rotatable bonds is 37. The summed E-state index contributed by atoms with van der Waals surface area (Å²) in [4.78, 5) is 108. The molecular weight excluding hydrogens is 1070 g/mol. The number of esters is 1. The van der Waals surface area contributed by atoms with E-state index in [2.05, 4.69) is 21.3 Å². The molecule has 3 aromatic rings. The van der Waals surface area contributed by atoms with Crippen LogP contribution in [0.3, 0.4) is 0 Å². The number of nitrogens with one attached hydrogen (secondary N) is 4. The SMILES string of the molecule is [3H]C1CC(=O)N(CCC(=O)NCCOCCOCCOCCOCCOCCOCCOCCOCCC(=O)N[C@H](C(=O)N[C@@H](C)C(=O)Nc2ccc3nc4c(c5c3c2OC=C5)Cn2c-4cc3c(c2=O)COC(=O)[C@]3(O)CC)C(C)C)C1=O. The van der Waals surface area contributed by atoms with E-state index in [1.807, 2.05) is 0 Å². The number of hydrogen-bond donors (Lipinski definition) is 5. The van der Waals surface area contributed by atoms with E-state index in [4.69, 9.17) is 53.7 Å². The molecule has 1 saturated heterocycles. The number of hydrogen-bond acceptors (Lipinski definition) is 20. The van der Waals surface area contributed by atoms with Gasteiger partial charge in [0.2, 0.25) is 35.4 Å². The number of aliphatic hydroxyl groups is 1. The van der Waals surface area contributed by atoms with Gasteiger partial charge in [-0.3, -0.25) is 38.5 Å². The lowest BCUT2D eigenvalue weighted by Gasteiger charge is -2.31. The molecule has 448 valence electrons. The van der Waals surface area contributed by atoms with Crippen molar-refractivity contribution in [1.29, 1.82) is 0 Å².